The molecule has 30 heavy (non-hydrogen) atoms. The highest BCUT2D eigenvalue weighted by molar-refractivity contribution is 5.78. The number of carbonyl (C=O) groups is 1. The largest absolute Gasteiger partial charge is 0.414 e. The zero-order valence-corrected chi connectivity index (χ0v) is 17.5. The summed E-state index contributed by atoms with van der Waals surface area (Å²) in [6.45, 7) is 4.10. The fourth-order valence-corrected chi connectivity index (χ4v) is 3.80. The number of aryl methyl sites for hydroxylation is 2. The molecule has 0 spiro atoms. The molecule has 0 saturated heterocycles. The maximum Gasteiger partial charge on any atom is 0.414 e. The number of rotatable bonds is 4. The van der Waals surface area contributed by atoms with Crippen molar-refractivity contribution < 1.29 is 9.53 Å². The standard InChI is InChI=1S/C25H27N3O2/c1-17-8-12-19(13-9-17)23-24(20-14-10-18(2)11-15-20)28-22(16-26-23)30-25(29)27-21-6-4-3-5-7-21/h8-16,21H,3-7H2,1-2H3,(H,27,29). The maximum absolute atomic E-state index is 12.4. The van der Waals surface area contributed by atoms with Crippen molar-refractivity contribution in [3.8, 4) is 28.4 Å². The van der Waals surface area contributed by atoms with E-state index in [1.54, 1.807) is 0 Å². The van der Waals surface area contributed by atoms with E-state index in [9.17, 15) is 4.79 Å². The average Bonchev–Trinajstić information content (AvgIpc) is 2.76. The summed E-state index contributed by atoms with van der Waals surface area (Å²) < 4.78 is 5.49. The summed E-state index contributed by atoms with van der Waals surface area (Å²) in [4.78, 5) is 21.6. The summed E-state index contributed by atoms with van der Waals surface area (Å²) in [5.74, 6) is 0.203. The summed E-state index contributed by atoms with van der Waals surface area (Å²) in [6, 6.07) is 16.5. The van der Waals surface area contributed by atoms with Crippen molar-refractivity contribution in [1.82, 2.24) is 15.3 Å². The van der Waals surface area contributed by atoms with Crippen molar-refractivity contribution in [1.29, 1.82) is 0 Å². The number of amides is 1. The molecule has 1 saturated carbocycles. The van der Waals surface area contributed by atoms with Gasteiger partial charge in [0.2, 0.25) is 5.88 Å². The molecule has 1 aliphatic carbocycles. The predicted molar refractivity (Wildman–Crippen MR) is 118 cm³/mol. The van der Waals surface area contributed by atoms with E-state index < -0.39 is 6.09 Å². The summed E-state index contributed by atoms with van der Waals surface area (Å²) in [5.41, 5.74) is 5.72. The SMILES string of the molecule is Cc1ccc(-c2ncc(OC(=O)NC3CCCCC3)nc2-c2ccc(C)cc2)cc1. The van der Waals surface area contributed by atoms with Gasteiger partial charge in [-0.25, -0.2) is 14.8 Å². The topological polar surface area (TPSA) is 64.1 Å². The Morgan fingerprint density at radius 2 is 1.43 bits per heavy atom. The van der Waals surface area contributed by atoms with Gasteiger partial charge in [0.15, 0.2) is 0 Å². The molecule has 3 aromatic rings. The summed E-state index contributed by atoms with van der Waals surface area (Å²) >= 11 is 0. The second kappa shape index (κ2) is 9.08. The maximum atomic E-state index is 12.4. The molecule has 154 valence electrons. The first-order chi connectivity index (χ1) is 14.6. The molecule has 1 fully saturated rings. The minimum absolute atomic E-state index is 0.183. The van der Waals surface area contributed by atoms with E-state index in [1.165, 1.54) is 23.7 Å². The number of benzene rings is 2. The molecule has 5 heteroatoms. The van der Waals surface area contributed by atoms with Gasteiger partial charge in [-0.1, -0.05) is 78.9 Å². The van der Waals surface area contributed by atoms with Gasteiger partial charge < -0.3 is 10.1 Å². The Bertz CT molecular complexity index is 1010. The van der Waals surface area contributed by atoms with Gasteiger partial charge in [-0.3, -0.25) is 0 Å². The number of hydrogen-bond acceptors (Lipinski definition) is 4. The highest BCUT2D eigenvalue weighted by Gasteiger charge is 2.18. The van der Waals surface area contributed by atoms with Crippen LogP contribution in [0.4, 0.5) is 4.79 Å². The van der Waals surface area contributed by atoms with Crippen LogP contribution in [-0.4, -0.2) is 22.1 Å². The molecule has 1 aliphatic rings. The van der Waals surface area contributed by atoms with Crippen LogP contribution >= 0.6 is 0 Å². The van der Waals surface area contributed by atoms with E-state index in [-0.39, 0.29) is 11.9 Å². The molecule has 0 radical (unpaired) electrons. The molecule has 4 rings (SSSR count). The molecule has 1 amide bonds. The normalized spacial score (nSPS) is 14.3. The van der Waals surface area contributed by atoms with E-state index in [1.807, 2.05) is 43.3 Å². The number of aromatic nitrogens is 2. The van der Waals surface area contributed by atoms with Crippen LogP contribution in [0.1, 0.15) is 43.2 Å². The number of carbonyl (C=O) groups excluding carboxylic acids is 1. The zero-order valence-electron chi connectivity index (χ0n) is 17.5. The molecule has 0 unspecified atom stereocenters. The van der Waals surface area contributed by atoms with Crippen molar-refractivity contribution in [3.63, 3.8) is 0 Å². The van der Waals surface area contributed by atoms with Gasteiger partial charge >= 0.3 is 6.09 Å². The Labute approximate surface area is 177 Å². The Hall–Kier alpha value is -3.21. The van der Waals surface area contributed by atoms with Crippen molar-refractivity contribution in [2.24, 2.45) is 0 Å². The van der Waals surface area contributed by atoms with E-state index in [0.717, 1.165) is 42.5 Å². The summed E-state index contributed by atoms with van der Waals surface area (Å²) in [6.07, 6.45) is 6.59. The van der Waals surface area contributed by atoms with Crippen molar-refractivity contribution >= 4 is 6.09 Å². The Kier molecular flexibility index (Phi) is 6.07. The van der Waals surface area contributed by atoms with Crippen molar-refractivity contribution in [3.05, 3.63) is 65.9 Å². The van der Waals surface area contributed by atoms with E-state index in [4.69, 9.17) is 4.74 Å². The van der Waals surface area contributed by atoms with Gasteiger partial charge in [0, 0.05) is 17.2 Å². The molecule has 1 heterocycles. The second-order valence-corrected chi connectivity index (χ2v) is 8.01. The highest BCUT2D eigenvalue weighted by atomic mass is 16.6. The Morgan fingerprint density at radius 1 is 0.867 bits per heavy atom. The lowest BCUT2D eigenvalue weighted by atomic mass is 9.96. The number of nitrogens with zero attached hydrogens (tertiary/aromatic N) is 2. The highest BCUT2D eigenvalue weighted by Crippen LogP contribution is 2.31. The van der Waals surface area contributed by atoms with Gasteiger partial charge in [0.25, 0.3) is 0 Å². The molecule has 1 aromatic heterocycles. The smallest absolute Gasteiger partial charge is 0.390 e. The zero-order chi connectivity index (χ0) is 20.9. The third-order valence-electron chi connectivity index (χ3n) is 5.52. The van der Waals surface area contributed by atoms with E-state index >= 15 is 0 Å². The van der Waals surface area contributed by atoms with Crippen LogP contribution in [0.2, 0.25) is 0 Å². The monoisotopic (exact) mass is 401 g/mol. The molecule has 0 atom stereocenters. The Balaban J connectivity index is 1.62. The van der Waals surface area contributed by atoms with Crippen LogP contribution in [0.15, 0.2) is 54.7 Å². The lowest BCUT2D eigenvalue weighted by Gasteiger charge is -2.22. The second-order valence-electron chi connectivity index (χ2n) is 8.01. The van der Waals surface area contributed by atoms with Gasteiger partial charge in [0.1, 0.15) is 5.69 Å². The van der Waals surface area contributed by atoms with Gasteiger partial charge in [0.05, 0.1) is 11.9 Å². The third kappa shape index (κ3) is 4.85. The predicted octanol–water partition coefficient (Wildman–Crippen LogP) is 5.85. The quantitative estimate of drug-likeness (QED) is 0.596. The first-order valence-corrected chi connectivity index (χ1v) is 10.6. The van der Waals surface area contributed by atoms with E-state index in [0.29, 0.717) is 5.69 Å². The first kappa shape index (κ1) is 20.1. The summed E-state index contributed by atoms with van der Waals surface area (Å²) in [7, 11) is 0. The lowest BCUT2D eigenvalue weighted by Crippen LogP contribution is -2.38. The van der Waals surface area contributed by atoms with Crippen LogP contribution < -0.4 is 10.1 Å². The first-order valence-electron chi connectivity index (χ1n) is 10.6. The van der Waals surface area contributed by atoms with Gasteiger partial charge in [-0.15, -0.1) is 0 Å². The van der Waals surface area contributed by atoms with Crippen LogP contribution in [-0.2, 0) is 0 Å². The third-order valence-corrected chi connectivity index (χ3v) is 5.52. The fraction of sp³-hybridized carbons (Fsp3) is 0.320. The molecule has 0 bridgehead atoms. The minimum Gasteiger partial charge on any atom is -0.390 e. The fourth-order valence-electron chi connectivity index (χ4n) is 3.80. The van der Waals surface area contributed by atoms with Crippen LogP contribution in [0.3, 0.4) is 0 Å². The van der Waals surface area contributed by atoms with Crippen LogP contribution in [0.25, 0.3) is 22.5 Å². The molecule has 2 aromatic carbocycles. The molecule has 0 aliphatic heterocycles. The van der Waals surface area contributed by atoms with Crippen LogP contribution in [0, 0.1) is 13.8 Å². The minimum atomic E-state index is -0.464. The molecule has 1 N–H and O–H groups in total. The van der Waals surface area contributed by atoms with Gasteiger partial charge in [-0.2, -0.15) is 0 Å². The summed E-state index contributed by atoms with van der Waals surface area (Å²) in [5, 5.41) is 2.96. The van der Waals surface area contributed by atoms with Crippen molar-refractivity contribution in [2.45, 2.75) is 52.0 Å². The Morgan fingerprint density at radius 3 is 2.03 bits per heavy atom. The van der Waals surface area contributed by atoms with Crippen molar-refractivity contribution in [2.75, 3.05) is 0 Å². The van der Waals surface area contributed by atoms with E-state index in [2.05, 4.69) is 34.3 Å². The van der Waals surface area contributed by atoms with Gasteiger partial charge in [-0.05, 0) is 26.7 Å². The average molecular weight is 402 g/mol. The number of hydrogen-bond donors (Lipinski definition) is 1. The molecular weight excluding hydrogens is 374 g/mol. The number of nitrogens with one attached hydrogen (secondary N) is 1. The lowest BCUT2D eigenvalue weighted by molar-refractivity contribution is 0.190. The molecular formula is C25H27N3O2. The molecule has 5 nitrogen and oxygen atoms in total. The number of ether oxygens (including phenoxy) is 1. The van der Waals surface area contributed by atoms with Crippen LogP contribution in [0.5, 0.6) is 5.88 Å².